The van der Waals surface area contributed by atoms with Gasteiger partial charge in [-0.25, -0.2) is 8.78 Å². The molecule has 0 atom stereocenters. The van der Waals surface area contributed by atoms with Gasteiger partial charge >= 0.3 is 5.97 Å². The van der Waals surface area contributed by atoms with E-state index in [1.807, 2.05) is 0 Å². The summed E-state index contributed by atoms with van der Waals surface area (Å²) in [5.41, 5.74) is 0.451. The van der Waals surface area contributed by atoms with Crippen LogP contribution < -0.4 is 0 Å². The maximum Gasteiger partial charge on any atom is 0.305 e. The molecule has 9 heteroatoms. The molecule has 0 aliphatic heterocycles. The summed E-state index contributed by atoms with van der Waals surface area (Å²) in [7, 11) is 0. The summed E-state index contributed by atoms with van der Waals surface area (Å²) in [6.07, 6.45) is -0.339. The number of amides is 1. The van der Waals surface area contributed by atoms with Gasteiger partial charge in [0.15, 0.2) is 0 Å². The van der Waals surface area contributed by atoms with Crippen LogP contribution in [0.25, 0.3) is 5.69 Å². The van der Waals surface area contributed by atoms with E-state index in [9.17, 15) is 18.4 Å². The average molecular weight is 324 g/mol. The highest BCUT2D eigenvalue weighted by atomic mass is 19.3. The molecule has 0 saturated heterocycles. The fourth-order valence-corrected chi connectivity index (χ4v) is 2.01. The molecule has 0 fully saturated rings. The number of carbonyl (C=O) groups excluding carboxylic acids is 1. The molecule has 2 rings (SSSR count). The van der Waals surface area contributed by atoms with Crippen molar-refractivity contribution in [3.05, 3.63) is 42.2 Å². The summed E-state index contributed by atoms with van der Waals surface area (Å²) in [5, 5.41) is 16.5. The summed E-state index contributed by atoms with van der Waals surface area (Å²) in [6, 6.07) is 6.27. The second-order valence-electron chi connectivity index (χ2n) is 4.62. The lowest BCUT2D eigenvalue weighted by Crippen LogP contribution is -2.37. The summed E-state index contributed by atoms with van der Waals surface area (Å²) in [6.45, 7) is -1.15. The van der Waals surface area contributed by atoms with Crippen LogP contribution in [0.4, 0.5) is 8.78 Å². The predicted octanol–water partition coefficient (Wildman–Crippen LogP) is 1.45. The number of rotatable bonds is 7. The van der Waals surface area contributed by atoms with E-state index in [1.165, 1.54) is 23.3 Å². The molecule has 0 unspecified atom stereocenters. The first-order valence-corrected chi connectivity index (χ1v) is 6.74. The van der Waals surface area contributed by atoms with E-state index < -0.39 is 31.3 Å². The minimum Gasteiger partial charge on any atom is -0.481 e. The van der Waals surface area contributed by atoms with Crippen LogP contribution in [-0.2, 0) is 4.79 Å². The van der Waals surface area contributed by atoms with Crippen LogP contribution in [0.15, 0.2) is 36.7 Å². The number of carboxylic acid groups (broad SMARTS) is 1. The molecule has 2 aromatic rings. The number of hydrogen-bond donors (Lipinski definition) is 1. The van der Waals surface area contributed by atoms with Crippen molar-refractivity contribution in [1.82, 2.24) is 19.9 Å². The van der Waals surface area contributed by atoms with Crippen molar-refractivity contribution in [2.75, 3.05) is 13.1 Å². The third-order valence-electron chi connectivity index (χ3n) is 3.01. The number of hydrogen-bond acceptors (Lipinski definition) is 4. The van der Waals surface area contributed by atoms with Crippen molar-refractivity contribution in [3.8, 4) is 5.69 Å². The molecule has 1 amide bonds. The van der Waals surface area contributed by atoms with E-state index in [1.54, 1.807) is 18.2 Å². The van der Waals surface area contributed by atoms with Crippen LogP contribution >= 0.6 is 0 Å². The molecule has 0 bridgehead atoms. The molecule has 1 heterocycles. The zero-order chi connectivity index (χ0) is 16.8. The third kappa shape index (κ3) is 4.31. The quantitative estimate of drug-likeness (QED) is 0.833. The standard InChI is InChI=1S/C14H14F2N4O3/c15-12(16)9-19(8-5-13(21)22)14(23)10-3-1-2-4-11(10)20-17-6-7-18-20/h1-4,6-7,12H,5,8-9H2,(H,21,22). The SMILES string of the molecule is O=C(O)CCN(CC(F)F)C(=O)c1ccccc1-n1nccn1. The zero-order valence-corrected chi connectivity index (χ0v) is 12.0. The van der Waals surface area contributed by atoms with Gasteiger partial charge in [-0.2, -0.15) is 15.0 Å². The summed E-state index contributed by atoms with van der Waals surface area (Å²) < 4.78 is 25.4. The lowest BCUT2D eigenvalue weighted by atomic mass is 10.1. The topological polar surface area (TPSA) is 88.3 Å². The number of nitrogens with zero attached hydrogens (tertiary/aromatic N) is 4. The Hall–Kier alpha value is -2.84. The van der Waals surface area contributed by atoms with Crippen LogP contribution in [0.5, 0.6) is 0 Å². The molecular weight excluding hydrogens is 310 g/mol. The minimum absolute atomic E-state index is 0.120. The van der Waals surface area contributed by atoms with E-state index in [2.05, 4.69) is 10.2 Å². The van der Waals surface area contributed by atoms with Gasteiger partial charge in [-0.3, -0.25) is 9.59 Å². The second-order valence-corrected chi connectivity index (χ2v) is 4.62. The Bertz CT molecular complexity index is 676. The molecule has 0 aliphatic carbocycles. The minimum atomic E-state index is -2.76. The highest BCUT2D eigenvalue weighted by Crippen LogP contribution is 2.16. The fraction of sp³-hybridized carbons (Fsp3) is 0.286. The van der Waals surface area contributed by atoms with Gasteiger partial charge in [0, 0.05) is 6.54 Å². The number of carbonyl (C=O) groups is 2. The van der Waals surface area contributed by atoms with Crippen molar-refractivity contribution in [3.63, 3.8) is 0 Å². The molecule has 23 heavy (non-hydrogen) atoms. The molecule has 122 valence electrons. The van der Waals surface area contributed by atoms with Gasteiger partial charge in [-0.1, -0.05) is 12.1 Å². The number of alkyl halides is 2. The molecule has 0 spiro atoms. The Kier molecular flexibility index (Phi) is 5.34. The van der Waals surface area contributed by atoms with E-state index in [-0.39, 0.29) is 12.1 Å². The summed E-state index contributed by atoms with van der Waals surface area (Å²) >= 11 is 0. The molecule has 0 aliphatic rings. The maximum absolute atomic E-state index is 12.7. The molecule has 0 saturated carbocycles. The van der Waals surface area contributed by atoms with Crippen LogP contribution in [0.2, 0.25) is 0 Å². The highest BCUT2D eigenvalue weighted by Gasteiger charge is 2.23. The van der Waals surface area contributed by atoms with Crippen LogP contribution in [-0.4, -0.2) is 56.4 Å². The molecule has 1 aromatic heterocycles. The first kappa shape index (κ1) is 16.5. The van der Waals surface area contributed by atoms with Gasteiger partial charge in [0.1, 0.15) is 0 Å². The van der Waals surface area contributed by atoms with Gasteiger partial charge in [-0.15, -0.1) is 0 Å². The van der Waals surface area contributed by atoms with Crippen molar-refractivity contribution >= 4 is 11.9 Å². The largest absolute Gasteiger partial charge is 0.481 e. The van der Waals surface area contributed by atoms with Crippen LogP contribution in [0, 0.1) is 0 Å². The molecular formula is C14H14F2N4O3. The Balaban J connectivity index is 2.30. The summed E-state index contributed by atoms with van der Waals surface area (Å²) in [4.78, 5) is 25.2. The molecule has 1 aromatic carbocycles. The van der Waals surface area contributed by atoms with E-state index in [0.717, 1.165) is 4.90 Å². The lowest BCUT2D eigenvalue weighted by Gasteiger charge is -2.22. The summed E-state index contributed by atoms with van der Waals surface area (Å²) in [5.74, 6) is -1.86. The maximum atomic E-state index is 12.7. The van der Waals surface area contributed by atoms with Gasteiger partial charge in [0.05, 0.1) is 36.6 Å². The Labute approximate surface area is 130 Å². The van der Waals surface area contributed by atoms with E-state index >= 15 is 0 Å². The Morgan fingerprint density at radius 1 is 1.22 bits per heavy atom. The number of benzene rings is 1. The normalized spacial score (nSPS) is 10.7. The lowest BCUT2D eigenvalue weighted by molar-refractivity contribution is -0.137. The van der Waals surface area contributed by atoms with Crippen molar-refractivity contribution in [2.24, 2.45) is 0 Å². The molecule has 0 radical (unpaired) electrons. The Morgan fingerprint density at radius 2 is 1.87 bits per heavy atom. The first-order valence-electron chi connectivity index (χ1n) is 6.74. The fourth-order valence-electron chi connectivity index (χ4n) is 2.01. The van der Waals surface area contributed by atoms with E-state index in [0.29, 0.717) is 5.69 Å². The number of aliphatic carboxylic acids is 1. The Morgan fingerprint density at radius 3 is 2.48 bits per heavy atom. The molecule has 1 N–H and O–H groups in total. The van der Waals surface area contributed by atoms with Crippen molar-refractivity contribution in [1.29, 1.82) is 0 Å². The zero-order valence-electron chi connectivity index (χ0n) is 12.0. The smallest absolute Gasteiger partial charge is 0.305 e. The number of aromatic nitrogens is 3. The third-order valence-corrected chi connectivity index (χ3v) is 3.01. The van der Waals surface area contributed by atoms with Crippen molar-refractivity contribution in [2.45, 2.75) is 12.8 Å². The van der Waals surface area contributed by atoms with Crippen molar-refractivity contribution < 1.29 is 23.5 Å². The van der Waals surface area contributed by atoms with Gasteiger partial charge in [0.2, 0.25) is 0 Å². The number of carboxylic acids is 1. The van der Waals surface area contributed by atoms with Gasteiger partial charge < -0.3 is 10.0 Å². The second kappa shape index (κ2) is 7.43. The van der Waals surface area contributed by atoms with Gasteiger partial charge in [0.25, 0.3) is 12.3 Å². The highest BCUT2D eigenvalue weighted by molar-refractivity contribution is 5.97. The van der Waals surface area contributed by atoms with E-state index in [4.69, 9.17) is 5.11 Å². The number of para-hydroxylation sites is 1. The first-order chi connectivity index (χ1) is 11.0. The molecule has 7 nitrogen and oxygen atoms in total. The monoisotopic (exact) mass is 324 g/mol. The van der Waals surface area contributed by atoms with Crippen LogP contribution in [0.3, 0.4) is 0 Å². The van der Waals surface area contributed by atoms with Crippen LogP contribution in [0.1, 0.15) is 16.8 Å². The van der Waals surface area contributed by atoms with Gasteiger partial charge in [-0.05, 0) is 12.1 Å². The number of halogens is 2. The predicted molar refractivity (Wildman–Crippen MR) is 75.5 cm³/mol. The average Bonchev–Trinajstić information content (AvgIpc) is 3.04.